The minimum Gasteiger partial charge on any atom is -0.476 e. The Morgan fingerprint density at radius 3 is 2.83 bits per heavy atom. The minimum absolute atomic E-state index is 0.0932. The number of pyridine rings is 1. The number of carbonyl (C=O) groups excluding carboxylic acids is 1. The van der Waals surface area contributed by atoms with Crippen molar-refractivity contribution in [1.82, 2.24) is 4.98 Å². The molecular weight excluding hydrogens is 300 g/mol. The van der Waals surface area contributed by atoms with E-state index in [-0.39, 0.29) is 5.75 Å². The summed E-state index contributed by atoms with van der Waals surface area (Å²) in [6.45, 7) is 1.17. The average Bonchev–Trinajstić information content (AvgIpc) is 2.54. The molecule has 8 nitrogen and oxygen atoms in total. The van der Waals surface area contributed by atoms with Crippen molar-refractivity contribution in [2.45, 2.75) is 6.92 Å². The first-order valence-corrected chi connectivity index (χ1v) is 6.55. The highest BCUT2D eigenvalue weighted by molar-refractivity contribution is 5.93. The Hall–Kier alpha value is -3.47. The number of carbonyl (C=O) groups is 1. The molecule has 2 aromatic rings. The van der Waals surface area contributed by atoms with Crippen molar-refractivity contribution in [3.8, 4) is 11.8 Å². The number of benzene rings is 1. The fourth-order valence-electron chi connectivity index (χ4n) is 1.79. The molecule has 2 rings (SSSR count). The third-order valence-corrected chi connectivity index (χ3v) is 2.83. The molecule has 1 aromatic carbocycles. The van der Waals surface area contributed by atoms with Gasteiger partial charge in [-0.15, -0.1) is 0 Å². The Labute approximate surface area is 131 Å². The van der Waals surface area contributed by atoms with E-state index in [1.807, 2.05) is 6.07 Å². The molecule has 1 amide bonds. The van der Waals surface area contributed by atoms with Crippen LogP contribution in [0.4, 0.5) is 11.5 Å². The topological polar surface area (TPSA) is 118 Å². The van der Waals surface area contributed by atoms with E-state index in [1.54, 1.807) is 37.3 Å². The smallest absolute Gasteiger partial charge is 0.406 e. The number of rotatable bonds is 5. The summed E-state index contributed by atoms with van der Waals surface area (Å²) in [6, 6.07) is 11.4. The normalized spacial score (nSPS) is 9.74. The second kappa shape index (κ2) is 7.00. The summed E-state index contributed by atoms with van der Waals surface area (Å²) in [4.78, 5) is 25.9. The predicted molar refractivity (Wildman–Crippen MR) is 80.9 cm³/mol. The van der Waals surface area contributed by atoms with Gasteiger partial charge in [-0.05, 0) is 34.2 Å². The summed E-state index contributed by atoms with van der Waals surface area (Å²) in [5, 5.41) is 22.4. The van der Waals surface area contributed by atoms with Crippen LogP contribution in [0.3, 0.4) is 0 Å². The Bertz CT molecular complexity index is 798. The van der Waals surface area contributed by atoms with Crippen LogP contribution in [0.5, 0.6) is 5.75 Å². The first kappa shape index (κ1) is 15.9. The number of nitrogens with zero attached hydrogens (tertiary/aromatic N) is 3. The Morgan fingerprint density at radius 1 is 1.39 bits per heavy atom. The van der Waals surface area contributed by atoms with E-state index in [0.717, 1.165) is 0 Å². The van der Waals surface area contributed by atoms with Crippen molar-refractivity contribution in [3.05, 3.63) is 57.8 Å². The molecule has 0 saturated heterocycles. The number of nitro groups is 1. The monoisotopic (exact) mass is 312 g/mol. The highest BCUT2D eigenvalue weighted by atomic mass is 16.6. The molecule has 0 fully saturated rings. The molecule has 1 heterocycles. The van der Waals surface area contributed by atoms with E-state index in [0.29, 0.717) is 16.9 Å². The highest BCUT2D eigenvalue weighted by Crippen LogP contribution is 2.24. The van der Waals surface area contributed by atoms with Crippen LogP contribution >= 0.6 is 0 Å². The fraction of sp³-hybridized carbons (Fsp3) is 0.133. The van der Waals surface area contributed by atoms with Crippen LogP contribution in [0.25, 0.3) is 0 Å². The van der Waals surface area contributed by atoms with Crippen molar-refractivity contribution in [1.29, 1.82) is 5.26 Å². The first-order valence-electron chi connectivity index (χ1n) is 6.55. The molecule has 0 spiro atoms. The second-order valence-corrected chi connectivity index (χ2v) is 4.53. The predicted octanol–water partition coefficient (Wildman–Crippen LogP) is 2.19. The molecule has 1 aromatic heterocycles. The lowest BCUT2D eigenvalue weighted by Crippen LogP contribution is -2.21. The van der Waals surface area contributed by atoms with Crippen LogP contribution in [0, 0.1) is 28.4 Å². The number of aryl methyl sites for hydroxylation is 1. The van der Waals surface area contributed by atoms with E-state index in [9.17, 15) is 14.9 Å². The quantitative estimate of drug-likeness (QED) is 0.667. The summed E-state index contributed by atoms with van der Waals surface area (Å²) >= 11 is 0. The Morgan fingerprint density at radius 2 is 2.13 bits per heavy atom. The summed E-state index contributed by atoms with van der Waals surface area (Å²) in [5.41, 5.74) is 1.13. The Balaban J connectivity index is 2.06. The molecule has 0 aliphatic rings. The molecular formula is C15H12N4O4. The van der Waals surface area contributed by atoms with E-state index in [4.69, 9.17) is 10.00 Å². The van der Waals surface area contributed by atoms with Gasteiger partial charge in [-0.25, -0.2) is 0 Å². The maximum Gasteiger partial charge on any atom is 0.406 e. The van der Waals surface area contributed by atoms with Gasteiger partial charge in [0.1, 0.15) is 11.8 Å². The van der Waals surface area contributed by atoms with Gasteiger partial charge in [0, 0.05) is 6.92 Å². The summed E-state index contributed by atoms with van der Waals surface area (Å²) in [6.07, 6.45) is 0. The van der Waals surface area contributed by atoms with E-state index in [1.165, 1.54) is 6.07 Å². The van der Waals surface area contributed by atoms with Crippen LogP contribution in [0.15, 0.2) is 36.4 Å². The zero-order chi connectivity index (χ0) is 16.8. The van der Waals surface area contributed by atoms with Gasteiger partial charge in [-0.1, -0.05) is 12.1 Å². The first-order chi connectivity index (χ1) is 11.0. The molecule has 0 unspecified atom stereocenters. The average molecular weight is 312 g/mol. The second-order valence-electron chi connectivity index (χ2n) is 4.53. The van der Waals surface area contributed by atoms with Gasteiger partial charge in [-0.3, -0.25) is 4.79 Å². The molecule has 0 bridgehead atoms. The van der Waals surface area contributed by atoms with Crippen molar-refractivity contribution in [3.63, 3.8) is 0 Å². The number of anilines is 1. The third-order valence-electron chi connectivity index (χ3n) is 2.83. The number of nitrogens with one attached hydrogen (secondary N) is 1. The summed E-state index contributed by atoms with van der Waals surface area (Å²) in [7, 11) is 0. The van der Waals surface area contributed by atoms with Crippen LogP contribution in [0.2, 0.25) is 0 Å². The van der Waals surface area contributed by atoms with Gasteiger partial charge in [0.05, 0.1) is 11.3 Å². The molecule has 0 aliphatic carbocycles. The lowest BCUT2D eigenvalue weighted by atomic mass is 10.2. The molecule has 0 radical (unpaired) electrons. The number of aromatic nitrogens is 1. The lowest BCUT2D eigenvalue weighted by Gasteiger charge is -2.08. The van der Waals surface area contributed by atoms with Gasteiger partial charge in [-0.2, -0.15) is 5.26 Å². The number of para-hydroxylation sites is 1. The SMILES string of the molecule is Cc1ccc(OCC(=O)Nc2ccccc2C#N)c([N+](=O)[O-])n1. The van der Waals surface area contributed by atoms with Crippen molar-refractivity contribution >= 4 is 17.4 Å². The van der Waals surface area contributed by atoms with Crippen LogP contribution in [-0.4, -0.2) is 22.4 Å². The van der Waals surface area contributed by atoms with Gasteiger partial charge < -0.3 is 20.2 Å². The largest absolute Gasteiger partial charge is 0.476 e. The minimum atomic E-state index is -0.675. The van der Waals surface area contributed by atoms with Gasteiger partial charge >= 0.3 is 5.82 Å². The standard InChI is InChI=1S/C15H12N4O4/c1-10-6-7-13(15(17-10)19(21)22)23-9-14(20)18-12-5-3-2-4-11(12)8-16/h2-7H,9H2,1H3,(H,18,20). The zero-order valence-electron chi connectivity index (χ0n) is 12.1. The number of hydrogen-bond donors (Lipinski definition) is 1. The lowest BCUT2D eigenvalue weighted by molar-refractivity contribution is -0.390. The van der Waals surface area contributed by atoms with Crippen molar-refractivity contribution in [2.24, 2.45) is 0 Å². The fourth-order valence-corrected chi connectivity index (χ4v) is 1.79. The number of ether oxygens (including phenoxy) is 1. The van der Waals surface area contributed by atoms with Crippen molar-refractivity contribution < 1.29 is 14.5 Å². The maximum atomic E-state index is 11.9. The van der Waals surface area contributed by atoms with E-state index in [2.05, 4.69) is 10.3 Å². The zero-order valence-corrected chi connectivity index (χ0v) is 12.1. The van der Waals surface area contributed by atoms with E-state index < -0.39 is 23.3 Å². The Kier molecular flexibility index (Phi) is 4.84. The van der Waals surface area contributed by atoms with Gasteiger partial charge in [0.25, 0.3) is 5.91 Å². The number of nitriles is 1. The summed E-state index contributed by atoms with van der Waals surface area (Å²) < 4.78 is 5.16. The number of hydrogen-bond acceptors (Lipinski definition) is 6. The third kappa shape index (κ3) is 4.01. The van der Waals surface area contributed by atoms with Crippen LogP contribution in [-0.2, 0) is 4.79 Å². The number of amides is 1. The molecule has 0 aliphatic heterocycles. The van der Waals surface area contributed by atoms with E-state index >= 15 is 0 Å². The van der Waals surface area contributed by atoms with Gasteiger partial charge in [0.2, 0.25) is 5.75 Å². The molecule has 0 atom stereocenters. The molecule has 116 valence electrons. The maximum absolute atomic E-state index is 11.9. The van der Waals surface area contributed by atoms with Crippen LogP contribution in [0.1, 0.15) is 11.3 Å². The summed E-state index contributed by atoms with van der Waals surface area (Å²) in [5.74, 6) is -1.08. The molecule has 8 heteroatoms. The van der Waals surface area contributed by atoms with Crippen LogP contribution < -0.4 is 10.1 Å². The molecule has 23 heavy (non-hydrogen) atoms. The molecule has 1 N–H and O–H groups in total. The van der Waals surface area contributed by atoms with Crippen molar-refractivity contribution in [2.75, 3.05) is 11.9 Å². The highest BCUT2D eigenvalue weighted by Gasteiger charge is 2.18. The van der Waals surface area contributed by atoms with Gasteiger partial charge in [0.15, 0.2) is 6.61 Å². The molecule has 0 saturated carbocycles.